The van der Waals surface area contributed by atoms with Crippen molar-refractivity contribution in [2.45, 2.75) is 20.1 Å². The van der Waals surface area contributed by atoms with Gasteiger partial charge < -0.3 is 9.47 Å². The van der Waals surface area contributed by atoms with Crippen LogP contribution in [-0.4, -0.2) is 29.3 Å². The Morgan fingerprint density at radius 3 is 2.75 bits per heavy atom. The molecule has 0 N–H and O–H groups in total. The first-order valence-electron chi connectivity index (χ1n) is 7.02. The van der Waals surface area contributed by atoms with Crippen molar-refractivity contribution in [2.75, 3.05) is 7.11 Å². The predicted octanol–water partition coefficient (Wildman–Crippen LogP) is 4.17. The molecule has 1 aromatic carbocycles. The molecule has 1 aromatic heterocycles. The number of nitrogens with zero attached hydrogens (tertiary/aromatic N) is 2. The second-order valence-electron chi connectivity index (χ2n) is 4.66. The highest BCUT2D eigenvalue weighted by Gasteiger charge is 2.13. The van der Waals surface area contributed by atoms with Gasteiger partial charge in [-0.15, -0.1) is 0 Å². The summed E-state index contributed by atoms with van der Waals surface area (Å²) in [6.45, 7) is -0.303. The van der Waals surface area contributed by atoms with Crippen LogP contribution in [0.4, 0.5) is 8.78 Å². The van der Waals surface area contributed by atoms with Crippen LogP contribution in [0.5, 0.6) is 11.5 Å². The van der Waals surface area contributed by atoms with Gasteiger partial charge in [-0.25, -0.2) is 0 Å². The lowest BCUT2D eigenvalue weighted by molar-refractivity contribution is -0.0512. The van der Waals surface area contributed by atoms with Crippen molar-refractivity contribution >= 4 is 27.8 Å². The lowest BCUT2D eigenvalue weighted by atomic mass is 10.1. The van der Waals surface area contributed by atoms with Crippen molar-refractivity contribution in [3.63, 3.8) is 0 Å². The number of aryl methyl sites for hydroxylation is 1. The Hall–Kier alpha value is -2.22. The van der Waals surface area contributed by atoms with Gasteiger partial charge in [0.1, 0.15) is 0 Å². The van der Waals surface area contributed by atoms with Crippen LogP contribution in [0.25, 0.3) is 6.08 Å². The normalized spacial score (nSPS) is 11.2. The van der Waals surface area contributed by atoms with Crippen molar-refractivity contribution in [1.29, 1.82) is 0 Å². The molecule has 8 heteroatoms. The van der Waals surface area contributed by atoms with E-state index >= 15 is 0 Å². The maximum absolute atomic E-state index is 12.3. The van der Waals surface area contributed by atoms with E-state index in [1.807, 2.05) is 13.1 Å². The molecular formula is C16H15BrF2N2O3. The molecule has 0 amide bonds. The number of hydrogen-bond donors (Lipinski definition) is 0. The highest BCUT2D eigenvalue weighted by atomic mass is 79.9. The molecule has 128 valence electrons. The maximum Gasteiger partial charge on any atom is 0.387 e. The number of alkyl halides is 2. The molecule has 0 bridgehead atoms. The minimum Gasteiger partial charge on any atom is -0.493 e. The molecule has 0 fully saturated rings. The van der Waals surface area contributed by atoms with Crippen LogP contribution >= 0.6 is 15.9 Å². The van der Waals surface area contributed by atoms with Crippen molar-refractivity contribution in [1.82, 2.24) is 9.78 Å². The minimum atomic E-state index is -2.97. The topological polar surface area (TPSA) is 53.4 Å². The Bertz CT molecular complexity index is 760. The average molecular weight is 401 g/mol. The SMILES string of the molecule is CCn1cc(Br)c(/C=C/C(=O)c2ccc(OC(F)F)c(OC)c2)n1. The lowest BCUT2D eigenvalue weighted by Gasteiger charge is -2.10. The molecule has 2 aromatic rings. The smallest absolute Gasteiger partial charge is 0.387 e. The Labute approximate surface area is 146 Å². The molecule has 1 heterocycles. The van der Waals surface area contributed by atoms with Gasteiger partial charge >= 0.3 is 6.61 Å². The van der Waals surface area contributed by atoms with E-state index in [9.17, 15) is 13.6 Å². The fraction of sp³-hybridized carbons (Fsp3) is 0.250. The van der Waals surface area contributed by atoms with Crippen LogP contribution in [-0.2, 0) is 6.54 Å². The summed E-state index contributed by atoms with van der Waals surface area (Å²) < 4.78 is 36.4. The van der Waals surface area contributed by atoms with Crippen LogP contribution in [0.15, 0.2) is 34.9 Å². The number of methoxy groups -OCH3 is 1. The number of halogens is 3. The van der Waals surface area contributed by atoms with E-state index in [0.717, 1.165) is 4.47 Å². The molecule has 0 aliphatic heterocycles. The molecule has 0 radical (unpaired) electrons. The number of ketones is 1. The van der Waals surface area contributed by atoms with Crippen LogP contribution < -0.4 is 9.47 Å². The van der Waals surface area contributed by atoms with Gasteiger partial charge in [0.15, 0.2) is 17.3 Å². The summed E-state index contributed by atoms with van der Waals surface area (Å²) in [6, 6.07) is 4.02. The predicted molar refractivity (Wildman–Crippen MR) is 88.6 cm³/mol. The summed E-state index contributed by atoms with van der Waals surface area (Å²) in [7, 11) is 1.31. The van der Waals surface area contributed by atoms with Crippen molar-refractivity contribution in [2.24, 2.45) is 0 Å². The fourth-order valence-electron chi connectivity index (χ4n) is 1.95. The molecule has 0 saturated heterocycles. The van der Waals surface area contributed by atoms with Crippen LogP contribution in [0, 0.1) is 0 Å². The first-order chi connectivity index (χ1) is 11.4. The highest BCUT2D eigenvalue weighted by Crippen LogP contribution is 2.29. The van der Waals surface area contributed by atoms with E-state index < -0.39 is 6.61 Å². The zero-order chi connectivity index (χ0) is 17.7. The maximum atomic E-state index is 12.3. The van der Waals surface area contributed by atoms with Crippen molar-refractivity contribution in [3.8, 4) is 11.5 Å². The van der Waals surface area contributed by atoms with Crippen molar-refractivity contribution < 1.29 is 23.0 Å². The third-order valence-corrected chi connectivity index (χ3v) is 3.74. The van der Waals surface area contributed by atoms with E-state index in [2.05, 4.69) is 25.8 Å². The van der Waals surface area contributed by atoms with Crippen LogP contribution in [0.3, 0.4) is 0 Å². The highest BCUT2D eigenvalue weighted by molar-refractivity contribution is 9.10. The first-order valence-corrected chi connectivity index (χ1v) is 7.82. The molecular weight excluding hydrogens is 386 g/mol. The Morgan fingerprint density at radius 2 is 2.17 bits per heavy atom. The van der Waals surface area contributed by atoms with E-state index in [1.54, 1.807) is 10.8 Å². The molecule has 0 unspecified atom stereocenters. The van der Waals surface area contributed by atoms with Gasteiger partial charge in [-0.3, -0.25) is 9.48 Å². The average Bonchev–Trinajstić information content (AvgIpc) is 2.92. The fourth-order valence-corrected chi connectivity index (χ4v) is 2.40. The summed E-state index contributed by atoms with van der Waals surface area (Å²) in [5, 5.41) is 4.28. The minimum absolute atomic E-state index is 0.0611. The number of carbonyl (C=O) groups excluding carboxylic acids is 1. The number of aromatic nitrogens is 2. The lowest BCUT2D eigenvalue weighted by Crippen LogP contribution is -2.04. The number of rotatable bonds is 7. The zero-order valence-electron chi connectivity index (χ0n) is 13.0. The molecule has 5 nitrogen and oxygen atoms in total. The largest absolute Gasteiger partial charge is 0.493 e. The third-order valence-electron chi connectivity index (χ3n) is 3.12. The van der Waals surface area contributed by atoms with E-state index in [1.165, 1.54) is 31.4 Å². The summed E-state index contributed by atoms with van der Waals surface area (Å²) in [5.74, 6) is -0.377. The second-order valence-corrected chi connectivity index (χ2v) is 5.51. The van der Waals surface area contributed by atoms with Gasteiger partial charge in [0, 0.05) is 18.3 Å². The summed E-state index contributed by atoms with van der Waals surface area (Å²) in [6.07, 6.45) is 4.74. The Balaban J connectivity index is 2.19. The Morgan fingerprint density at radius 1 is 1.42 bits per heavy atom. The summed E-state index contributed by atoms with van der Waals surface area (Å²) in [5.41, 5.74) is 0.908. The number of allylic oxidation sites excluding steroid dienone is 1. The molecule has 2 rings (SSSR count). The first kappa shape index (κ1) is 18.1. The summed E-state index contributed by atoms with van der Waals surface area (Å²) >= 11 is 3.37. The molecule has 0 atom stereocenters. The molecule has 0 spiro atoms. The molecule has 0 aliphatic carbocycles. The number of carbonyl (C=O) groups is 1. The van der Waals surface area contributed by atoms with Gasteiger partial charge in [-0.05, 0) is 53.2 Å². The van der Waals surface area contributed by atoms with Gasteiger partial charge in [-0.2, -0.15) is 13.9 Å². The monoisotopic (exact) mass is 400 g/mol. The van der Waals surface area contributed by atoms with E-state index in [4.69, 9.17) is 4.74 Å². The van der Waals surface area contributed by atoms with Gasteiger partial charge in [0.25, 0.3) is 0 Å². The number of hydrogen-bond acceptors (Lipinski definition) is 4. The quantitative estimate of drug-likeness (QED) is 0.516. The molecule has 0 saturated carbocycles. The number of benzene rings is 1. The zero-order valence-corrected chi connectivity index (χ0v) is 14.6. The number of ether oxygens (including phenoxy) is 2. The van der Waals surface area contributed by atoms with Crippen molar-refractivity contribution in [3.05, 3.63) is 46.2 Å². The van der Waals surface area contributed by atoms with Crippen LogP contribution in [0.1, 0.15) is 23.0 Å². The van der Waals surface area contributed by atoms with E-state index in [0.29, 0.717) is 12.2 Å². The second kappa shape index (κ2) is 8.05. The summed E-state index contributed by atoms with van der Waals surface area (Å²) in [4.78, 5) is 12.2. The van der Waals surface area contributed by atoms with E-state index in [-0.39, 0.29) is 22.8 Å². The van der Waals surface area contributed by atoms with Gasteiger partial charge in [-0.1, -0.05) is 0 Å². The van der Waals surface area contributed by atoms with Crippen LogP contribution in [0.2, 0.25) is 0 Å². The van der Waals surface area contributed by atoms with Gasteiger partial charge in [0.2, 0.25) is 0 Å². The van der Waals surface area contributed by atoms with Gasteiger partial charge in [0.05, 0.1) is 17.3 Å². The molecule has 24 heavy (non-hydrogen) atoms. The molecule has 0 aliphatic rings. The Kier molecular flexibility index (Phi) is 6.08. The standard InChI is InChI=1S/C16H15BrF2N2O3/c1-3-21-9-11(17)12(20-21)5-6-13(22)10-4-7-14(24-16(18)19)15(8-10)23-2/h4-9,16H,3H2,1-2H3/b6-5+. The third kappa shape index (κ3) is 4.41.